The number of aromatic nitrogens is 2. The van der Waals surface area contributed by atoms with Gasteiger partial charge in [0.15, 0.2) is 0 Å². The first kappa shape index (κ1) is 14.7. The lowest BCUT2D eigenvalue weighted by molar-refractivity contribution is 0.0853. The minimum atomic E-state index is -3.25. The van der Waals surface area contributed by atoms with Crippen LogP contribution in [0.2, 0.25) is 0 Å². The van der Waals surface area contributed by atoms with E-state index in [0.29, 0.717) is 24.0 Å². The largest absolute Gasteiger partial charge is 0.381 e. The molecule has 2 aromatic rings. The predicted octanol–water partition coefficient (Wildman–Crippen LogP) is 2.20. The van der Waals surface area contributed by atoms with E-state index < -0.39 is 10.0 Å². The van der Waals surface area contributed by atoms with Crippen LogP contribution in [0, 0.1) is 0 Å². The zero-order valence-corrected chi connectivity index (χ0v) is 13.6. The second kappa shape index (κ2) is 5.65. The van der Waals surface area contributed by atoms with Crippen LogP contribution in [0.4, 0.5) is 5.82 Å². The Morgan fingerprint density at radius 3 is 2.65 bits per heavy atom. The summed E-state index contributed by atoms with van der Waals surface area (Å²) < 4.78 is 33.5. The predicted molar refractivity (Wildman–Crippen MR) is 87.9 cm³/mol. The summed E-state index contributed by atoms with van der Waals surface area (Å²) in [4.78, 5) is 4.39. The van der Waals surface area contributed by atoms with E-state index in [4.69, 9.17) is 4.74 Å². The Bertz CT molecular complexity index is 806. The highest BCUT2D eigenvalue weighted by Gasteiger charge is 2.24. The zero-order chi connectivity index (χ0) is 15.9. The number of sulfonamides is 1. The van der Waals surface area contributed by atoms with Crippen molar-refractivity contribution in [3.05, 3.63) is 36.2 Å². The number of hydrogen-bond donors (Lipinski definition) is 1. The molecule has 0 spiro atoms. The molecule has 122 valence electrons. The van der Waals surface area contributed by atoms with Gasteiger partial charge in [-0.25, -0.2) is 13.4 Å². The fraction of sp³-hybridized carbons (Fsp3) is 0.438. The third kappa shape index (κ3) is 2.86. The van der Waals surface area contributed by atoms with Crippen LogP contribution in [0.5, 0.6) is 0 Å². The zero-order valence-electron chi connectivity index (χ0n) is 12.7. The van der Waals surface area contributed by atoms with Crippen molar-refractivity contribution in [2.24, 2.45) is 0 Å². The maximum atomic E-state index is 11.8. The van der Waals surface area contributed by atoms with E-state index in [1.54, 1.807) is 6.33 Å². The lowest BCUT2D eigenvalue weighted by Gasteiger charge is -2.22. The molecule has 0 unspecified atom stereocenters. The number of nitrogens with zero attached hydrogens (tertiary/aromatic N) is 2. The summed E-state index contributed by atoms with van der Waals surface area (Å²) in [6, 6.07) is 8.29. The Balaban J connectivity index is 1.63. The molecule has 1 aromatic carbocycles. The van der Waals surface area contributed by atoms with E-state index in [2.05, 4.69) is 21.8 Å². The minimum Gasteiger partial charge on any atom is -0.381 e. The van der Waals surface area contributed by atoms with Gasteiger partial charge in [0.2, 0.25) is 10.0 Å². The third-order valence-corrected chi connectivity index (χ3v) is 5.79. The number of aryl methyl sites for hydroxylation is 1. The molecular weight excluding hydrogens is 314 g/mol. The van der Waals surface area contributed by atoms with Gasteiger partial charge in [-0.1, -0.05) is 24.3 Å². The fourth-order valence-electron chi connectivity index (χ4n) is 3.23. The third-order valence-electron chi connectivity index (χ3n) is 4.57. The Morgan fingerprint density at radius 1 is 1.17 bits per heavy atom. The summed E-state index contributed by atoms with van der Waals surface area (Å²) in [7, 11) is -3.25. The summed E-state index contributed by atoms with van der Waals surface area (Å²) in [5.74, 6) is 1.21. The molecule has 0 radical (unpaired) electrons. The number of ether oxygens (including phenoxy) is 1. The molecule has 2 aliphatic heterocycles. The average Bonchev–Trinajstić information content (AvgIpc) is 2.97. The number of hydrogen-bond acceptors (Lipinski definition) is 4. The molecule has 1 aromatic heterocycles. The standard InChI is InChI=1S/C16H19N3O3S/c20-23(21)10-7-19-11-17-15(16(19)18-23)14-3-1-12(2-4-14)13-5-8-22-9-6-13/h1-4,11,13,18H,5-10H2. The smallest absolute Gasteiger partial charge is 0.235 e. The first-order chi connectivity index (χ1) is 11.1. The van der Waals surface area contributed by atoms with E-state index >= 15 is 0 Å². The normalized spacial score (nSPS) is 20.7. The molecule has 0 atom stereocenters. The molecule has 7 heteroatoms. The Labute approximate surface area is 135 Å². The van der Waals surface area contributed by atoms with Gasteiger partial charge in [0, 0.05) is 25.3 Å². The second-order valence-corrected chi connectivity index (χ2v) is 7.91. The molecule has 0 amide bonds. The Hall–Kier alpha value is -1.86. The summed E-state index contributed by atoms with van der Waals surface area (Å²) in [6.45, 7) is 2.09. The number of benzene rings is 1. The van der Waals surface area contributed by atoms with Crippen molar-refractivity contribution in [1.82, 2.24) is 9.55 Å². The van der Waals surface area contributed by atoms with Gasteiger partial charge in [-0.2, -0.15) is 0 Å². The highest BCUT2D eigenvalue weighted by atomic mass is 32.2. The number of rotatable bonds is 2. The first-order valence-electron chi connectivity index (χ1n) is 7.86. The van der Waals surface area contributed by atoms with E-state index in [1.165, 1.54) is 5.56 Å². The van der Waals surface area contributed by atoms with Crippen molar-refractivity contribution in [2.45, 2.75) is 25.3 Å². The van der Waals surface area contributed by atoms with Gasteiger partial charge in [0.1, 0.15) is 11.5 Å². The molecule has 23 heavy (non-hydrogen) atoms. The van der Waals surface area contributed by atoms with Crippen LogP contribution in [-0.2, 0) is 21.3 Å². The van der Waals surface area contributed by atoms with Gasteiger partial charge in [-0.3, -0.25) is 4.72 Å². The van der Waals surface area contributed by atoms with Crippen LogP contribution < -0.4 is 4.72 Å². The monoisotopic (exact) mass is 333 g/mol. The van der Waals surface area contributed by atoms with E-state index in [1.807, 2.05) is 16.7 Å². The van der Waals surface area contributed by atoms with Crippen molar-refractivity contribution >= 4 is 15.8 Å². The van der Waals surface area contributed by atoms with Crippen LogP contribution in [0.1, 0.15) is 24.3 Å². The van der Waals surface area contributed by atoms with Crippen LogP contribution >= 0.6 is 0 Å². The van der Waals surface area contributed by atoms with Gasteiger partial charge in [0.05, 0.1) is 12.1 Å². The van der Waals surface area contributed by atoms with E-state index in [-0.39, 0.29) is 5.75 Å². The van der Waals surface area contributed by atoms with E-state index in [0.717, 1.165) is 31.6 Å². The number of nitrogens with one attached hydrogen (secondary N) is 1. The molecule has 1 saturated heterocycles. The molecule has 0 bridgehead atoms. The van der Waals surface area contributed by atoms with Crippen molar-refractivity contribution in [3.63, 3.8) is 0 Å². The number of anilines is 1. The van der Waals surface area contributed by atoms with Crippen molar-refractivity contribution in [1.29, 1.82) is 0 Å². The average molecular weight is 333 g/mol. The molecule has 6 nitrogen and oxygen atoms in total. The van der Waals surface area contributed by atoms with Crippen molar-refractivity contribution < 1.29 is 13.2 Å². The number of fused-ring (bicyclic) bond motifs is 1. The first-order valence-corrected chi connectivity index (χ1v) is 9.51. The SMILES string of the molecule is O=S1(=O)CCn2cnc(-c3ccc(C4CCOCC4)cc3)c2N1. The highest BCUT2D eigenvalue weighted by Crippen LogP contribution is 2.32. The van der Waals surface area contributed by atoms with Crippen molar-refractivity contribution in [2.75, 3.05) is 23.7 Å². The van der Waals surface area contributed by atoms with Crippen molar-refractivity contribution in [3.8, 4) is 11.3 Å². The maximum Gasteiger partial charge on any atom is 0.235 e. The lowest BCUT2D eigenvalue weighted by atomic mass is 9.91. The van der Waals surface area contributed by atoms with Crippen LogP contribution in [-0.4, -0.2) is 36.9 Å². The fourth-order valence-corrected chi connectivity index (χ4v) is 4.28. The van der Waals surface area contributed by atoms with E-state index in [9.17, 15) is 8.42 Å². The summed E-state index contributed by atoms with van der Waals surface area (Å²) in [5.41, 5.74) is 2.93. The minimum absolute atomic E-state index is 0.0957. The summed E-state index contributed by atoms with van der Waals surface area (Å²) in [5, 5.41) is 0. The second-order valence-electron chi connectivity index (χ2n) is 6.06. The van der Waals surface area contributed by atoms with Gasteiger partial charge in [-0.15, -0.1) is 0 Å². The molecule has 3 heterocycles. The van der Waals surface area contributed by atoms with Crippen LogP contribution in [0.3, 0.4) is 0 Å². The van der Waals surface area contributed by atoms with Gasteiger partial charge in [0.25, 0.3) is 0 Å². The summed E-state index contributed by atoms with van der Waals surface area (Å²) >= 11 is 0. The topological polar surface area (TPSA) is 73.2 Å². The van der Waals surface area contributed by atoms with Gasteiger partial charge < -0.3 is 9.30 Å². The highest BCUT2D eigenvalue weighted by molar-refractivity contribution is 7.92. The van der Waals surface area contributed by atoms with Crippen LogP contribution in [0.15, 0.2) is 30.6 Å². The lowest BCUT2D eigenvalue weighted by Crippen LogP contribution is -2.27. The molecule has 1 fully saturated rings. The van der Waals surface area contributed by atoms with Gasteiger partial charge in [-0.05, 0) is 24.3 Å². The quantitative estimate of drug-likeness (QED) is 0.914. The molecule has 4 rings (SSSR count). The molecule has 0 saturated carbocycles. The van der Waals surface area contributed by atoms with Gasteiger partial charge >= 0.3 is 0 Å². The Kier molecular flexibility index (Phi) is 3.61. The Morgan fingerprint density at radius 2 is 1.91 bits per heavy atom. The molecule has 1 N–H and O–H groups in total. The number of imidazole rings is 1. The molecule has 2 aliphatic rings. The maximum absolute atomic E-state index is 11.8. The molecular formula is C16H19N3O3S. The summed E-state index contributed by atoms with van der Waals surface area (Å²) in [6.07, 6.45) is 3.80. The molecule has 0 aliphatic carbocycles. The van der Waals surface area contributed by atoms with Crippen LogP contribution in [0.25, 0.3) is 11.3 Å².